The highest BCUT2D eigenvalue weighted by Gasteiger charge is 2.43. The molecule has 0 saturated carbocycles. The number of benzene rings is 1. The SMILES string of the molecule is O=C(O)/C=C/C(=O)O.OC[C@H]1O[C@@H](OC/C=C/c2ccccc2)[C@H](O)[C@@H](O)[C@@H]1O. The van der Waals surface area contributed by atoms with Crippen molar-refractivity contribution in [1.82, 2.24) is 0 Å². The van der Waals surface area contributed by atoms with Gasteiger partial charge >= 0.3 is 11.9 Å². The van der Waals surface area contributed by atoms with E-state index in [1.807, 2.05) is 36.4 Å². The summed E-state index contributed by atoms with van der Waals surface area (Å²) in [6.07, 6.45) is -1.49. The monoisotopic (exact) mass is 412 g/mol. The Hall–Kier alpha value is -2.60. The molecule has 6 N–H and O–H groups in total. The first-order valence-corrected chi connectivity index (χ1v) is 8.54. The number of rotatable bonds is 7. The summed E-state index contributed by atoms with van der Waals surface area (Å²) in [6.45, 7) is -0.303. The van der Waals surface area contributed by atoms with E-state index in [1.54, 1.807) is 6.08 Å². The summed E-state index contributed by atoms with van der Waals surface area (Å²) in [4.78, 5) is 19.1. The predicted octanol–water partition coefficient (Wildman–Crippen LogP) is -0.772. The summed E-state index contributed by atoms with van der Waals surface area (Å²) in [5, 5.41) is 53.7. The third-order valence-electron chi connectivity index (χ3n) is 3.68. The van der Waals surface area contributed by atoms with Crippen molar-refractivity contribution in [2.24, 2.45) is 0 Å². The molecule has 10 nitrogen and oxygen atoms in total. The molecule has 0 radical (unpaired) electrons. The Labute approximate surface area is 166 Å². The lowest BCUT2D eigenvalue weighted by molar-refractivity contribution is -0.298. The van der Waals surface area contributed by atoms with Crippen LogP contribution >= 0.6 is 0 Å². The second-order valence-corrected chi connectivity index (χ2v) is 5.85. The number of aliphatic hydroxyl groups excluding tert-OH is 4. The van der Waals surface area contributed by atoms with Gasteiger partial charge in [-0.25, -0.2) is 9.59 Å². The summed E-state index contributed by atoms with van der Waals surface area (Å²) < 4.78 is 10.5. The highest BCUT2D eigenvalue weighted by atomic mass is 16.7. The minimum absolute atomic E-state index is 0.164. The van der Waals surface area contributed by atoms with Gasteiger partial charge in [0.25, 0.3) is 0 Å². The van der Waals surface area contributed by atoms with Crippen molar-refractivity contribution in [2.45, 2.75) is 30.7 Å². The molecule has 1 aliphatic rings. The molecule has 0 amide bonds. The number of hydrogen-bond donors (Lipinski definition) is 6. The zero-order valence-electron chi connectivity index (χ0n) is 15.3. The molecule has 0 unspecified atom stereocenters. The van der Waals surface area contributed by atoms with Gasteiger partial charge in [0.15, 0.2) is 6.29 Å². The lowest BCUT2D eigenvalue weighted by Crippen LogP contribution is -2.59. The molecule has 1 fully saturated rings. The third-order valence-corrected chi connectivity index (χ3v) is 3.68. The van der Waals surface area contributed by atoms with Crippen LogP contribution in [0.5, 0.6) is 0 Å². The van der Waals surface area contributed by atoms with Crippen molar-refractivity contribution >= 4 is 18.0 Å². The summed E-state index contributed by atoms with van der Waals surface area (Å²) in [6, 6.07) is 9.62. The highest BCUT2D eigenvalue weighted by Crippen LogP contribution is 2.21. The quantitative estimate of drug-likeness (QED) is 0.312. The molecule has 10 heteroatoms. The van der Waals surface area contributed by atoms with Gasteiger partial charge in [-0.15, -0.1) is 0 Å². The molecule has 160 valence electrons. The third kappa shape index (κ3) is 8.96. The van der Waals surface area contributed by atoms with Gasteiger partial charge in [0.05, 0.1) is 13.2 Å². The molecule has 1 heterocycles. The second kappa shape index (κ2) is 12.8. The van der Waals surface area contributed by atoms with Gasteiger partial charge in [0.2, 0.25) is 0 Å². The largest absolute Gasteiger partial charge is 0.478 e. The molecule has 1 aromatic carbocycles. The van der Waals surface area contributed by atoms with E-state index in [9.17, 15) is 24.9 Å². The zero-order valence-corrected chi connectivity index (χ0v) is 15.3. The van der Waals surface area contributed by atoms with Crippen LogP contribution in [0, 0.1) is 0 Å². The lowest BCUT2D eigenvalue weighted by Gasteiger charge is -2.39. The van der Waals surface area contributed by atoms with Gasteiger partial charge in [-0.05, 0) is 5.56 Å². The molecule has 1 saturated heterocycles. The van der Waals surface area contributed by atoms with Gasteiger partial charge < -0.3 is 40.1 Å². The number of aliphatic hydroxyl groups is 4. The molecular weight excluding hydrogens is 388 g/mol. The van der Waals surface area contributed by atoms with Crippen LogP contribution in [0.25, 0.3) is 6.08 Å². The normalized spacial score (nSPS) is 26.8. The Morgan fingerprint density at radius 3 is 2.07 bits per heavy atom. The Morgan fingerprint density at radius 1 is 0.966 bits per heavy atom. The Morgan fingerprint density at radius 2 is 1.55 bits per heavy atom. The van der Waals surface area contributed by atoms with Crippen LogP contribution in [0.2, 0.25) is 0 Å². The van der Waals surface area contributed by atoms with Crippen LogP contribution in [-0.4, -0.2) is 86.5 Å². The zero-order chi connectivity index (χ0) is 21.8. The molecule has 0 aliphatic carbocycles. The topological polar surface area (TPSA) is 174 Å². The molecule has 0 aromatic heterocycles. The molecule has 0 spiro atoms. The van der Waals surface area contributed by atoms with Gasteiger partial charge in [0, 0.05) is 12.2 Å². The first kappa shape index (κ1) is 24.4. The molecule has 29 heavy (non-hydrogen) atoms. The van der Waals surface area contributed by atoms with Crippen molar-refractivity contribution in [1.29, 1.82) is 0 Å². The van der Waals surface area contributed by atoms with E-state index in [-0.39, 0.29) is 6.61 Å². The number of hydrogen-bond acceptors (Lipinski definition) is 8. The van der Waals surface area contributed by atoms with E-state index in [0.29, 0.717) is 12.2 Å². The molecule has 2 rings (SSSR count). The maximum absolute atomic E-state index is 9.77. The predicted molar refractivity (Wildman–Crippen MR) is 99.6 cm³/mol. The average Bonchev–Trinajstić information content (AvgIpc) is 2.70. The van der Waals surface area contributed by atoms with Crippen molar-refractivity contribution in [3.8, 4) is 0 Å². The molecule has 1 aliphatic heterocycles. The molecule has 0 bridgehead atoms. The van der Waals surface area contributed by atoms with E-state index in [1.165, 1.54) is 0 Å². The van der Waals surface area contributed by atoms with Crippen molar-refractivity contribution in [2.75, 3.05) is 13.2 Å². The highest BCUT2D eigenvalue weighted by molar-refractivity contribution is 5.89. The summed E-state index contributed by atoms with van der Waals surface area (Å²) in [5.41, 5.74) is 1.01. The van der Waals surface area contributed by atoms with Gasteiger partial charge in [-0.3, -0.25) is 0 Å². The van der Waals surface area contributed by atoms with Crippen molar-refractivity contribution in [3.05, 3.63) is 54.1 Å². The van der Waals surface area contributed by atoms with E-state index >= 15 is 0 Å². The molecule has 5 atom stereocenters. The minimum atomic E-state index is -1.42. The number of carbonyl (C=O) groups is 2. The minimum Gasteiger partial charge on any atom is -0.478 e. The molecule has 1 aromatic rings. The van der Waals surface area contributed by atoms with E-state index in [0.717, 1.165) is 5.56 Å². The summed E-state index contributed by atoms with van der Waals surface area (Å²) in [5.74, 6) is -2.51. The second-order valence-electron chi connectivity index (χ2n) is 5.85. The fourth-order valence-corrected chi connectivity index (χ4v) is 2.25. The van der Waals surface area contributed by atoms with E-state index < -0.39 is 49.3 Å². The average molecular weight is 412 g/mol. The first-order chi connectivity index (χ1) is 13.8. The molecular formula is C19H24O10. The van der Waals surface area contributed by atoms with Crippen LogP contribution in [0.1, 0.15) is 5.56 Å². The number of carboxylic acid groups (broad SMARTS) is 2. The standard InChI is InChI=1S/C15H20O6.C4H4O4/c16-9-11-12(17)13(18)14(19)15(21-11)20-8-4-7-10-5-2-1-3-6-10;5-3(6)1-2-4(7)8/h1-7,11-19H,8-9H2;1-2H,(H,5,6)(H,7,8)/b7-4+;2-1+/t11-,12-,13+,14-,15-;/m1./s1. The summed E-state index contributed by atoms with van der Waals surface area (Å²) >= 11 is 0. The lowest BCUT2D eigenvalue weighted by atomic mass is 9.99. The Kier molecular flexibility index (Phi) is 10.8. The maximum atomic E-state index is 9.77. The number of carboxylic acids is 2. The number of ether oxygens (including phenoxy) is 2. The van der Waals surface area contributed by atoms with Crippen molar-refractivity contribution < 1.29 is 49.7 Å². The fraction of sp³-hybridized carbons (Fsp3) is 0.368. The first-order valence-electron chi connectivity index (χ1n) is 8.54. The fourth-order valence-electron chi connectivity index (χ4n) is 2.25. The van der Waals surface area contributed by atoms with Crippen LogP contribution < -0.4 is 0 Å². The maximum Gasteiger partial charge on any atom is 0.328 e. The van der Waals surface area contributed by atoms with Crippen LogP contribution in [0.3, 0.4) is 0 Å². The number of aliphatic carboxylic acids is 2. The Bertz CT molecular complexity index is 669. The van der Waals surface area contributed by atoms with Crippen LogP contribution in [-0.2, 0) is 19.1 Å². The van der Waals surface area contributed by atoms with Gasteiger partial charge in [0.1, 0.15) is 24.4 Å². The van der Waals surface area contributed by atoms with Crippen LogP contribution in [0.15, 0.2) is 48.6 Å². The van der Waals surface area contributed by atoms with E-state index in [2.05, 4.69) is 0 Å². The van der Waals surface area contributed by atoms with E-state index in [4.69, 9.17) is 24.8 Å². The van der Waals surface area contributed by atoms with Gasteiger partial charge in [-0.2, -0.15) is 0 Å². The van der Waals surface area contributed by atoms with Gasteiger partial charge in [-0.1, -0.05) is 42.5 Å². The van der Waals surface area contributed by atoms with Crippen LogP contribution in [0.4, 0.5) is 0 Å². The Balaban J connectivity index is 0.000000447. The smallest absolute Gasteiger partial charge is 0.328 e. The van der Waals surface area contributed by atoms with Crippen molar-refractivity contribution in [3.63, 3.8) is 0 Å². The summed E-state index contributed by atoms with van der Waals surface area (Å²) in [7, 11) is 0.